The first kappa shape index (κ1) is 16.9. The van der Waals surface area contributed by atoms with E-state index in [4.69, 9.17) is 5.11 Å². The van der Waals surface area contributed by atoms with Crippen molar-refractivity contribution in [3.63, 3.8) is 0 Å². The molecule has 0 aliphatic heterocycles. The van der Waals surface area contributed by atoms with Gasteiger partial charge in [0.15, 0.2) is 9.84 Å². The third kappa shape index (κ3) is 4.77. The normalized spacial score (nSPS) is 28.6. The van der Waals surface area contributed by atoms with E-state index in [0.29, 0.717) is 24.7 Å². The van der Waals surface area contributed by atoms with Gasteiger partial charge in [-0.3, -0.25) is 4.79 Å². The summed E-state index contributed by atoms with van der Waals surface area (Å²) in [4.78, 5) is 22.0. The molecule has 1 aliphatic rings. The molecule has 2 unspecified atom stereocenters. The minimum absolute atomic E-state index is 0.322. The average Bonchev–Trinajstić information content (AvgIpc) is 2.25. The van der Waals surface area contributed by atoms with Crippen molar-refractivity contribution in [2.45, 2.75) is 51.3 Å². The molecule has 1 fully saturated rings. The van der Waals surface area contributed by atoms with Crippen molar-refractivity contribution in [3.8, 4) is 0 Å². The number of hydrogen-bond acceptors (Lipinski definition) is 4. The summed E-state index contributed by atoms with van der Waals surface area (Å²) in [5.41, 5.74) is 0. The van der Waals surface area contributed by atoms with Crippen LogP contribution >= 0.6 is 0 Å². The molecule has 0 aromatic heterocycles. The van der Waals surface area contributed by atoms with Crippen LogP contribution in [0.25, 0.3) is 0 Å². The Labute approximate surface area is 119 Å². The lowest BCUT2D eigenvalue weighted by atomic mass is 9.83. The van der Waals surface area contributed by atoms with Gasteiger partial charge in [0.05, 0.1) is 11.0 Å². The Kier molecular flexibility index (Phi) is 5.56. The second-order valence-corrected chi connectivity index (χ2v) is 8.29. The highest BCUT2D eigenvalue weighted by Gasteiger charge is 2.36. The van der Waals surface area contributed by atoms with Crippen LogP contribution in [0.5, 0.6) is 0 Å². The van der Waals surface area contributed by atoms with Gasteiger partial charge in [0.2, 0.25) is 5.91 Å². The van der Waals surface area contributed by atoms with E-state index in [1.54, 1.807) is 0 Å². The number of sulfone groups is 1. The Hall–Kier alpha value is -1.11. The van der Waals surface area contributed by atoms with E-state index in [1.165, 1.54) is 6.92 Å². The van der Waals surface area contributed by atoms with Gasteiger partial charge in [0.1, 0.15) is 6.04 Å². The molecule has 0 spiro atoms. The molecule has 0 aromatic carbocycles. The van der Waals surface area contributed by atoms with Crippen LogP contribution in [0.1, 0.15) is 40.0 Å². The molecule has 0 radical (unpaired) electrons. The summed E-state index contributed by atoms with van der Waals surface area (Å²) in [5, 5.41) is 10.7. The maximum absolute atomic E-state index is 12.4. The van der Waals surface area contributed by atoms with Crippen molar-refractivity contribution >= 4 is 21.7 Å². The second-order valence-electron chi connectivity index (χ2n) is 5.96. The van der Waals surface area contributed by atoms with Crippen LogP contribution in [-0.2, 0) is 19.4 Å². The van der Waals surface area contributed by atoms with Crippen molar-refractivity contribution in [2.24, 2.45) is 11.8 Å². The van der Waals surface area contributed by atoms with Gasteiger partial charge >= 0.3 is 5.97 Å². The van der Waals surface area contributed by atoms with E-state index in [-0.39, 0.29) is 0 Å². The molecule has 2 N–H and O–H groups in total. The van der Waals surface area contributed by atoms with Crippen LogP contribution in [-0.4, -0.2) is 42.4 Å². The van der Waals surface area contributed by atoms with Crippen LogP contribution in [0.15, 0.2) is 0 Å². The van der Waals surface area contributed by atoms with Gasteiger partial charge in [-0.2, -0.15) is 0 Å². The van der Waals surface area contributed by atoms with E-state index >= 15 is 0 Å². The topological polar surface area (TPSA) is 101 Å². The van der Waals surface area contributed by atoms with Gasteiger partial charge < -0.3 is 10.4 Å². The monoisotopic (exact) mass is 305 g/mol. The molecule has 0 saturated heterocycles. The van der Waals surface area contributed by atoms with Gasteiger partial charge in [-0.25, -0.2) is 13.2 Å². The first-order valence-corrected chi connectivity index (χ1v) is 8.54. The van der Waals surface area contributed by atoms with Gasteiger partial charge in [-0.15, -0.1) is 0 Å². The molecule has 0 aromatic rings. The number of amides is 1. The lowest BCUT2D eigenvalue weighted by Gasteiger charge is -2.31. The summed E-state index contributed by atoms with van der Waals surface area (Å²) >= 11 is 0. The standard InChI is InChI=1S/C13H23NO5S/c1-8-4-9(2)6-11(5-8)20(18,19)7-12(13(16)17)14-10(3)15/h8-9,11-12H,4-7H2,1-3H3,(H,14,15)(H,16,17)/t8?,9?,11?,12-/m0/s1. The largest absolute Gasteiger partial charge is 0.480 e. The molecular formula is C13H23NO5S. The molecule has 116 valence electrons. The summed E-state index contributed by atoms with van der Waals surface area (Å²) in [6.45, 7) is 5.20. The molecule has 20 heavy (non-hydrogen) atoms. The zero-order valence-electron chi connectivity index (χ0n) is 12.1. The summed E-state index contributed by atoms with van der Waals surface area (Å²) in [6, 6.07) is -1.37. The number of aliphatic carboxylic acids is 1. The van der Waals surface area contributed by atoms with Crippen LogP contribution in [0.2, 0.25) is 0 Å². The maximum atomic E-state index is 12.4. The highest BCUT2D eigenvalue weighted by Crippen LogP contribution is 2.32. The van der Waals surface area contributed by atoms with Gasteiger partial charge in [-0.05, 0) is 31.1 Å². The summed E-state index contributed by atoms with van der Waals surface area (Å²) in [7, 11) is -3.53. The highest BCUT2D eigenvalue weighted by atomic mass is 32.2. The Bertz CT molecular complexity index is 463. The predicted molar refractivity (Wildman–Crippen MR) is 75.0 cm³/mol. The average molecular weight is 305 g/mol. The fourth-order valence-corrected chi connectivity index (χ4v) is 5.16. The number of carboxylic acid groups (broad SMARTS) is 1. The number of nitrogens with one attached hydrogen (secondary N) is 1. The fourth-order valence-electron chi connectivity index (χ4n) is 2.95. The minimum Gasteiger partial charge on any atom is -0.480 e. The van der Waals surface area contributed by atoms with Gasteiger partial charge in [0, 0.05) is 6.92 Å². The highest BCUT2D eigenvalue weighted by molar-refractivity contribution is 7.92. The summed E-state index contributed by atoms with van der Waals surface area (Å²) < 4.78 is 24.7. The van der Waals surface area contributed by atoms with Crippen molar-refractivity contribution in [1.29, 1.82) is 0 Å². The maximum Gasteiger partial charge on any atom is 0.327 e. The Morgan fingerprint density at radius 2 is 1.70 bits per heavy atom. The SMILES string of the molecule is CC(=O)N[C@@H](CS(=O)(=O)C1CC(C)CC(C)C1)C(=O)O. The van der Waals surface area contributed by atoms with E-state index in [9.17, 15) is 18.0 Å². The predicted octanol–water partition coefficient (Wildman–Crippen LogP) is 0.815. The molecule has 1 saturated carbocycles. The molecule has 1 aliphatic carbocycles. The molecule has 6 nitrogen and oxygen atoms in total. The number of rotatable bonds is 5. The number of hydrogen-bond donors (Lipinski definition) is 2. The third-order valence-corrected chi connectivity index (χ3v) is 5.92. The van der Waals surface area contributed by atoms with E-state index in [2.05, 4.69) is 5.32 Å². The molecular weight excluding hydrogens is 282 g/mol. The number of carboxylic acids is 1. The molecule has 0 bridgehead atoms. The Morgan fingerprint density at radius 1 is 1.20 bits per heavy atom. The Balaban J connectivity index is 2.81. The van der Waals surface area contributed by atoms with E-state index in [1.807, 2.05) is 13.8 Å². The quantitative estimate of drug-likeness (QED) is 0.783. The summed E-state index contributed by atoms with van der Waals surface area (Å²) in [5.74, 6) is -1.75. The second kappa shape index (κ2) is 6.56. The molecule has 7 heteroatoms. The fraction of sp³-hybridized carbons (Fsp3) is 0.846. The van der Waals surface area contributed by atoms with Crippen LogP contribution in [0, 0.1) is 11.8 Å². The van der Waals surface area contributed by atoms with E-state index in [0.717, 1.165) is 6.42 Å². The van der Waals surface area contributed by atoms with Gasteiger partial charge in [0.25, 0.3) is 0 Å². The van der Waals surface area contributed by atoms with E-state index < -0.39 is 38.8 Å². The summed E-state index contributed by atoms with van der Waals surface area (Å²) in [6.07, 6.45) is 2.14. The van der Waals surface area contributed by atoms with Crippen LogP contribution in [0.4, 0.5) is 0 Å². The van der Waals surface area contributed by atoms with Crippen molar-refractivity contribution in [3.05, 3.63) is 0 Å². The Morgan fingerprint density at radius 3 is 2.10 bits per heavy atom. The molecule has 1 rings (SSSR count). The zero-order valence-corrected chi connectivity index (χ0v) is 12.9. The zero-order chi connectivity index (χ0) is 15.5. The van der Waals surface area contributed by atoms with Crippen LogP contribution in [0.3, 0.4) is 0 Å². The lowest BCUT2D eigenvalue weighted by Crippen LogP contribution is -2.47. The van der Waals surface area contributed by atoms with Crippen molar-refractivity contribution < 1.29 is 23.1 Å². The smallest absolute Gasteiger partial charge is 0.327 e. The van der Waals surface area contributed by atoms with Crippen molar-refractivity contribution in [2.75, 3.05) is 5.75 Å². The first-order valence-electron chi connectivity index (χ1n) is 6.83. The van der Waals surface area contributed by atoms with Crippen LogP contribution < -0.4 is 5.32 Å². The molecule has 1 amide bonds. The number of carbonyl (C=O) groups excluding carboxylic acids is 1. The van der Waals surface area contributed by atoms with Gasteiger partial charge in [-0.1, -0.05) is 13.8 Å². The van der Waals surface area contributed by atoms with Crippen molar-refractivity contribution in [1.82, 2.24) is 5.32 Å². The molecule has 3 atom stereocenters. The molecule has 0 heterocycles. The number of carbonyl (C=O) groups is 2. The first-order chi connectivity index (χ1) is 9.11. The third-order valence-electron chi connectivity index (χ3n) is 3.72. The minimum atomic E-state index is -3.53. The lowest BCUT2D eigenvalue weighted by molar-refractivity contribution is -0.140.